The normalized spacial score (nSPS) is 13.2. The number of halogens is 1. The molecule has 106 valence electrons. The molecule has 4 nitrogen and oxygen atoms in total. The van der Waals surface area contributed by atoms with Crippen LogP contribution in [0.4, 0.5) is 0 Å². The molecular formula is C12H16BrNO3S2. The first-order valence-electron chi connectivity index (χ1n) is 5.87. The summed E-state index contributed by atoms with van der Waals surface area (Å²) in [7, 11) is -3.69. The Hall–Kier alpha value is -0.370. The van der Waals surface area contributed by atoms with Crippen LogP contribution < -0.4 is 4.72 Å². The Balaban J connectivity index is 2.87. The molecule has 0 saturated heterocycles. The molecular weight excluding hydrogens is 350 g/mol. The van der Waals surface area contributed by atoms with E-state index in [4.69, 9.17) is 0 Å². The number of benzene rings is 1. The zero-order valence-corrected chi connectivity index (χ0v) is 13.8. The van der Waals surface area contributed by atoms with Gasteiger partial charge in [0.15, 0.2) is 0 Å². The van der Waals surface area contributed by atoms with Gasteiger partial charge in [0, 0.05) is 4.47 Å². The lowest BCUT2D eigenvalue weighted by atomic mass is 10.1. The molecule has 0 aliphatic heterocycles. The van der Waals surface area contributed by atoms with E-state index in [1.165, 1.54) is 12.1 Å². The molecule has 0 radical (unpaired) electrons. The predicted molar refractivity (Wildman–Crippen MR) is 81.8 cm³/mol. The second-order valence-electron chi connectivity index (χ2n) is 4.11. The van der Waals surface area contributed by atoms with Crippen LogP contribution in [0.15, 0.2) is 33.6 Å². The number of thiol groups is 1. The molecule has 0 unspecified atom stereocenters. The highest BCUT2D eigenvalue weighted by atomic mass is 79.9. The van der Waals surface area contributed by atoms with E-state index in [1.807, 2.05) is 6.92 Å². The van der Waals surface area contributed by atoms with Crippen molar-refractivity contribution in [3.63, 3.8) is 0 Å². The van der Waals surface area contributed by atoms with Crippen molar-refractivity contribution in [2.45, 2.75) is 37.1 Å². The highest BCUT2D eigenvalue weighted by Crippen LogP contribution is 2.16. The molecule has 0 aliphatic rings. The van der Waals surface area contributed by atoms with Crippen LogP contribution in [-0.4, -0.2) is 19.6 Å². The van der Waals surface area contributed by atoms with Crippen molar-refractivity contribution in [1.82, 2.24) is 4.72 Å². The van der Waals surface area contributed by atoms with Crippen molar-refractivity contribution >= 4 is 43.7 Å². The molecule has 1 aromatic carbocycles. The van der Waals surface area contributed by atoms with Crippen LogP contribution >= 0.6 is 28.6 Å². The van der Waals surface area contributed by atoms with Gasteiger partial charge in [-0.15, -0.1) is 12.6 Å². The predicted octanol–water partition coefficient (Wildman–Crippen LogP) is 2.74. The van der Waals surface area contributed by atoms with Crippen molar-refractivity contribution in [1.29, 1.82) is 0 Å². The van der Waals surface area contributed by atoms with E-state index in [0.29, 0.717) is 6.42 Å². The fourth-order valence-corrected chi connectivity index (χ4v) is 3.29. The quantitative estimate of drug-likeness (QED) is 0.730. The van der Waals surface area contributed by atoms with Crippen LogP contribution in [0.5, 0.6) is 0 Å². The van der Waals surface area contributed by atoms with Gasteiger partial charge in [-0.2, -0.15) is 4.72 Å². The lowest BCUT2D eigenvalue weighted by Gasteiger charge is -2.15. The second kappa shape index (κ2) is 7.42. The van der Waals surface area contributed by atoms with Gasteiger partial charge in [0.05, 0.1) is 10.9 Å². The van der Waals surface area contributed by atoms with Gasteiger partial charge in [0.1, 0.15) is 0 Å². The summed E-state index contributed by atoms with van der Waals surface area (Å²) in [6, 6.07) is 5.45. The Morgan fingerprint density at radius 3 is 2.42 bits per heavy atom. The first-order chi connectivity index (χ1) is 8.86. The molecule has 0 spiro atoms. The molecule has 0 amide bonds. The van der Waals surface area contributed by atoms with Crippen molar-refractivity contribution in [3.8, 4) is 0 Å². The monoisotopic (exact) mass is 365 g/mol. The minimum atomic E-state index is -3.69. The summed E-state index contributed by atoms with van der Waals surface area (Å²) < 4.78 is 27.4. The van der Waals surface area contributed by atoms with Crippen molar-refractivity contribution in [2.75, 3.05) is 0 Å². The van der Waals surface area contributed by atoms with Crippen LogP contribution in [0.25, 0.3) is 0 Å². The summed E-state index contributed by atoms with van der Waals surface area (Å²) in [5.41, 5.74) is 0. The third kappa shape index (κ3) is 5.25. The van der Waals surface area contributed by atoms with Crippen LogP contribution in [0.1, 0.15) is 26.2 Å². The van der Waals surface area contributed by atoms with E-state index in [2.05, 4.69) is 33.3 Å². The minimum absolute atomic E-state index is 0.131. The Morgan fingerprint density at radius 2 is 1.95 bits per heavy atom. The van der Waals surface area contributed by atoms with E-state index in [1.54, 1.807) is 12.1 Å². The number of sulfonamides is 1. The lowest BCUT2D eigenvalue weighted by molar-refractivity contribution is -0.112. The molecule has 1 atom stereocenters. The van der Waals surface area contributed by atoms with Crippen molar-refractivity contribution in [2.24, 2.45) is 0 Å². The van der Waals surface area contributed by atoms with Gasteiger partial charge in [-0.3, -0.25) is 4.79 Å². The van der Waals surface area contributed by atoms with Crippen LogP contribution in [0.3, 0.4) is 0 Å². The second-order valence-corrected chi connectivity index (χ2v) is 7.18. The number of hydrogen-bond donors (Lipinski definition) is 2. The smallest absolute Gasteiger partial charge is 0.241 e. The number of nitrogens with one attached hydrogen (secondary N) is 1. The molecule has 0 heterocycles. The van der Waals surface area contributed by atoms with Gasteiger partial charge >= 0.3 is 0 Å². The van der Waals surface area contributed by atoms with Crippen LogP contribution in [0, 0.1) is 0 Å². The molecule has 0 aromatic heterocycles. The highest BCUT2D eigenvalue weighted by Gasteiger charge is 2.23. The summed E-state index contributed by atoms with van der Waals surface area (Å²) in [5, 5.41) is -0.464. The third-order valence-corrected chi connectivity index (χ3v) is 4.89. The lowest BCUT2D eigenvalue weighted by Crippen LogP contribution is -2.38. The van der Waals surface area contributed by atoms with Crippen LogP contribution in [0.2, 0.25) is 0 Å². The minimum Gasteiger partial charge on any atom is -0.286 e. The molecule has 0 saturated carbocycles. The van der Waals surface area contributed by atoms with Gasteiger partial charge in [0.2, 0.25) is 15.1 Å². The average Bonchev–Trinajstić information content (AvgIpc) is 2.34. The van der Waals surface area contributed by atoms with Gasteiger partial charge in [0.25, 0.3) is 0 Å². The summed E-state index contributed by atoms with van der Waals surface area (Å²) in [5.74, 6) is 0. The van der Waals surface area contributed by atoms with Crippen LogP contribution in [-0.2, 0) is 14.8 Å². The number of rotatable bonds is 7. The maximum Gasteiger partial charge on any atom is 0.241 e. The zero-order chi connectivity index (χ0) is 14.5. The Bertz CT molecular complexity index is 528. The summed E-state index contributed by atoms with van der Waals surface area (Å²) in [6.07, 6.45) is 2.10. The third-order valence-electron chi connectivity index (χ3n) is 2.57. The van der Waals surface area contributed by atoms with E-state index < -0.39 is 21.2 Å². The number of carbonyl (C=O) groups excluding carboxylic acids is 1. The molecule has 0 fully saturated rings. The van der Waals surface area contributed by atoms with Gasteiger partial charge in [-0.25, -0.2) is 8.42 Å². The number of carbonyl (C=O) groups is 1. The SMILES string of the molecule is CCCC[C@H](NS(=O)(=O)c1ccc(Br)cc1)C(=O)S. The van der Waals surface area contributed by atoms with E-state index >= 15 is 0 Å². The largest absolute Gasteiger partial charge is 0.286 e. The number of unbranched alkanes of at least 4 members (excludes halogenated alkanes) is 1. The van der Waals surface area contributed by atoms with Gasteiger partial charge < -0.3 is 0 Å². The Labute approximate surface area is 127 Å². The average molecular weight is 366 g/mol. The zero-order valence-electron chi connectivity index (χ0n) is 10.5. The molecule has 19 heavy (non-hydrogen) atoms. The number of hydrogen-bond acceptors (Lipinski definition) is 3. The molecule has 1 rings (SSSR count). The standard InChI is InChI=1S/C12H16BrNO3S2/c1-2-3-4-11(12(15)18)14-19(16,17)10-7-5-9(13)6-8-10/h5-8,11,14H,2-4H2,1H3,(H,15,18)/t11-/m0/s1. The van der Waals surface area contributed by atoms with E-state index in [-0.39, 0.29) is 4.90 Å². The van der Waals surface area contributed by atoms with Gasteiger partial charge in [-0.1, -0.05) is 35.7 Å². The van der Waals surface area contributed by atoms with Crippen molar-refractivity contribution < 1.29 is 13.2 Å². The molecule has 0 aliphatic carbocycles. The molecule has 7 heteroatoms. The summed E-state index contributed by atoms with van der Waals surface area (Å²) in [6.45, 7) is 1.98. The maximum atomic E-state index is 12.1. The first kappa shape index (κ1) is 16.7. The summed E-state index contributed by atoms with van der Waals surface area (Å²) in [4.78, 5) is 11.5. The van der Waals surface area contributed by atoms with E-state index in [0.717, 1.165) is 17.3 Å². The fourth-order valence-electron chi connectivity index (χ4n) is 1.51. The summed E-state index contributed by atoms with van der Waals surface area (Å²) >= 11 is 6.97. The first-order valence-corrected chi connectivity index (χ1v) is 8.60. The van der Waals surface area contributed by atoms with Crippen molar-refractivity contribution in [3.05, 3.63) is 28.7 Å². The Kier molecular flexibility index (Phi) is 6.52. The molecule has 1 N–H and O–H groups in total. The molecule has 0 bridgehead atoms. The Morgan fingerprint density at radius 1 is 1.37 bits per heavy atom. The molecule has 1 aromatic rings. The topological polar surface area (TPSA) is 63.2 Å². The van der Waals surface area contributed by atoms with Gasteiger partial charge in [-0.05, 0) is 30.7 Å². The van der Waals surface area contributed by atoms with E-state index in [9.17, 15) is 13.2 Å². The highest BCUT2D eigenvalue weighted by molar-refractivity contribution is 9.10. The fraction of sp³-hybridized carbons (Fsp3) is 0.417. The maximum absolute atomic E-state index is 12.1.